The van der Waals surface area contributed by atoms with Crippen LogP contribution in [0.25, 0.3) is 0 Å². The first kappa shape index (κ1) is 60.9. The number of carbonyl (C=O) groups is 7. The fraction of sp³-hybridized carbons (Fsp3) is 0.580. The van der Waals surface area contributed by atoms with Crippen molar-refractivity contribution in [3.05, 3.63) is 82.9 Å². The van der Waals surface area contributed by atoms with Gasteiger partial charge in [-0.25, -0.2) is 24.0 Å². The van der Waals surface area contributed by atoms with Crippen LogP contribution < -0.4 is 5.32 Å². The highest BCUT2D eigenvalue weighted by Gasteiger charge is 2.79. The molecule has 3 fully saturated rings. The minimum atomic E-state index is -3.07. The number of benzene rings is 2. The van der Waals surface area contributed by atoms with E-state index >= 15 is 4.79 Å². The van der Waals surface area contributed by atoms with Gasteiger partial charge in [-0.1, -0.05) is 132 Å². The summed E-state index contributed by atoms with van der Waals surface area (Å²) in [6, 6.07) is 13.1. The van der Waals surface area contributed by atoms with Crippen LogP contribution in [0.1, 0.15) is 90.2 Å². The first-order valence-electron chi connectivity index (χ1n) is 23.5. The van der Waals surface area contributed by atoms with Crippen LogP contribution in [-0.4, -0.2) is 144 Å². The summed E-state index contributed by atoms with van der Waals surface area (Å²) >= 11 is 35.4. The molecule has 1 saturated heterocycles. The van der Waals surface area contributed by atoms with Gasteiger partial charge >= 0.3 is 36.3 Å². The average Bonchev–Trinajstić information content (AvgIpc) is 3.31. The van der Waals surface area contributed by atoms with Crippen molar-refractivity contribution in [1.29, 1.82) is 0 Å². The van der Waals surface area contributed by atoms with Gasteiger partial charge in [-0.3, -0.25) is 9.59 Å². The molecule has 4 aliphatic rings. The number of aliphatic hydroxyl groups is 3. The molecule has 0 unspecified atom stereocenters. The number of nitrogens with one attached hydrogen (secondary N) is 1. The molecule has 3 aliphatic carbocycles. The second-order valence-electron chi connectivity index (χ2n) is 20.6. The van der Waals surface area contributed by atoms with Crippen molar-refractivity contribution < 1.29 is 91.5 Å². The summed E-state index contributed by atoms with van der Waals surface area (Å²) in [4.78, 5) is 100. The molecule has 0 radical (unpaired) electrons. The summed E-state index contributed by atoms with van der Waals surface area (Å²) in [7, 11) is 0. The molecule has 26 heteroatoms. The molecule has 76 heavy (non-hydrogen) atoms. The number of alkyl carbamates (subject to hydrolysis) is 1. The van der Waals surface area contributed by atoms with Gasteiger partial charge in [0.25, 0.3) is 0 Å². The number of esters is 3. The molecule has 1 aliphatic heterocycles. The fourth-order valence-corrected chi connectivity index (χ4v) is 10.9. The number of ether oxygens (including phenoxy) is 9. The van der Waals surface area contributed by atoms with Gasteiger partial charge < -0.3 is 63.3 Å². The van der Waals surface area contributed by atoms with E-state index in [1.165, 1.54) is 76.2 Å². The molecule has 1 heterocycles. The van der Waals surface area contributed by atoms with E-state index in [4.69, 9.17) is 112 Å². The molecule has 0 aromatic heterocycles. The van der Waals surface area contributed by atoms with E-state index in [1.807, 2.05) is 0 Å². The van der Waals surface area contributed by atoms with Crippen LogP contribution in [0.3, 0.4) is 0 Å². The first-order valence-corrected chi connectivity index (χ1v) is 25.8. The number of alkyl halides is 6. The summed E-state index contributed by atoms with van der Waals surface area (Å²) < 4.78 is 47.9. The summed E-state index contributed by atoms with van der Waals surface area (Å²) in [5.74, 6) is -6.75. The number of fused-ring (bicyclic) bond motifs is 5. The lowest BCUT2D eigenvalue weighted by molar-refractivity contribution is -0.346. The Balaban J connectivity index is 1.64. The van der Waals surface area contributed by atoms with E-state index in [9.17, 15) is 44.1 Å². The highest BCUT2D eigenvalue weighted by Crippen LogP contribution is 2.65. The lowest BCUT2D eigenvalue weighted by Crippen LogP contribution is -2.82. The van der Waals surface area contributed by atoms with Crippen LogP contribution in [0.2, 0.25) is 0 Å². The van der Waals surface area contributed by atoms with Crippen LogP contribution in [0, 0.1) is 16.7 Å². The number of carbonyl (C=O) groups excluding carboxylic acids is 7. The number of Topliss-reactive ketones (excluding diaryl/α,β-unsaturated/α-hetero) is 1. The average molecular weight is 1190 g/mol. The summed E-state index contributed by atoms with van der Waals surface area (Å²) in [6.07, 6.45) is -15.0. The number of halogens is 6. The normalized spacial score (nSPS) is 29.1. The molecule has 2 aromatic rings. The maximum atomic E-state index is 16.3. The molecule has 418 valence electrons. The Morgan fingerprint density at radius 3 is 1.88 bits per heavy atom. The maximum Gasteiger partial charge on any atom is 0.509 e. The second kappa shape index (κ2) is 22.4. The number of hydrogen-bond acceptors (Lipinski definition) is 19. The van der Waals surface area contributed by atoms with Crippen molar-refractivity contribution in [2.75, 3.05) is 26.4 Å². The van der Waals surface area contributed by atoms with E-state index in [1.54, 1.807) is 32.9 Å². The van der Waals surface area contributed by atoms with Gasteiger partial charge in [-0.2, -0.15) is 0 Å². The van der Waals surface area contributed by atoms with E-state index in [2.05, 4.69) is 5.32 Å². The number of rotatable bonds is 13. The molecular formula is C50H57Cl6NO19. The van der Waals surface area contributed by atoms with E-state index < -0.39 is 165 Å². The Hall–Kier alpha value is -4.35. The Morgan fingerprint density at radius 2 is 1.38 bits per heavy atom. The number of aliphatic hydroxyl groups excluding tert-OH is 1. The first-order chi connectivity index (χ1) is 35.0. The summed E-state index contributed by atoms with van der Waals surface area (Å²) in [5, 5.41) is 39.9. The minimum Gasteiger partial charge on any atom is -0.455 e. The predicted molar refractivity (Wildman–Crippen MR) is 271 cm³/mol. The van der Waals surface area contributed by atoms with Crippen molar-refractivity contribution in [2.45, 2.75) is 135 Å². The van der Waals surface area contributed by atoms with Gasteiger partial charge in [0.15, 0.2) is 17.5 Å². The second-order valence-corrected chi connectivity index (χ2v) is 25.7. The van der Waals surface area contributed by atoms with E-state index in [0.29, 0.717) is 0 Å². The van der Waals surface area contributed by atoms with Crippen LogP contribution in [0.4, 0.5) is 14.4 Å². The van der Waals surface area contributed by atoms with Crippen LogP contribution >= 0.6 is 69.6 Å². The number of ketones is 1. The third kappa shape index (κ3) is 12.4. The zero-order chi connectivity index (χ0) is 56.8. The minimum absolute atomic E-state index is 0.0816. The highest BCUT2D eigenvalue weighted by atomic mass is 35.6. The van der Waals surface area contributed by atoms with Gasteiger partial charge in [0.1, 0.15) is 48.8 Å². The number of hydrogen-bond donors (Lipinski definition) is 4. The summed E-state index contributed by atoms with van der Waals surface area (Å²) in [5.41, 5.74) is -13.9. The maximum absolute atomic E-state index is 16.3. The highest BCUT2D eigenvalue weighted by molar-refractivity contribution is 6.68. The molecule has 20 nitrogen and oxygen atoms in total. The van der Waals surface area contributed by atoms with Gasteiger partial charge in [0.2, 0.25) is 13.2 Å². The Bertz CT molecular complexity index is 2590. The van der Waals surface area contributed by atoms with Gasteiger partial charge in [0.05, 0.1) is 36.2 Å². The molecule has 0 spiro atoms. The third-order valence-electron chi connectivity index (χ3n) is 14.1. The molecule has 11 atom stereocenters. The Labute approximate surface area is 467 Å². The Morgan fingerprint density at radius 1 is 0.829 bits per heavy atom. The monoisotopic (exact) mass is 1190 g/mol. The zero-order valence-corrected chi connectivity index (χ0v) is 46.7. The molecule has 4 N–H and O–H groups in total. The summed E-state index contributed by atoms with van der Waals surface area (Å²) in [6.45, 7) is 7.35. The molecule has 2 aromatic carbocycles. The lowest BCUT2D eigenvalue weighted by Gasteiger charge is -2.67. The van der Waals surface area contributed by atoms with Crippen molar-refractivity contribution in [3.8, 4) is 0 Å². The third-order valence-corrected chi connectivity index (χ3v) is 14.8. The molecule has 6 rings (SSSR count). The van der Waals surface area contributed by atoms with Crippen molar-refractivity contribution in [3.63, 3.8) is 0 Å². The van der Waals surface area contributed by atoms with E-state index in [-0.39, 0.29) is 22.3 Å². The van der Waals surface area contributed by atoms with E-state index in [0.717, 1.165) is 6.92 Å². The van der Waals surface area contributed by atoms with Crippen LogP contribution in [0.5, 0.6) is 0 Å². The molecule has 2 bridgehead atoms. The largest absolute Gasteiger partial charge is 0.509 e. The molecule has 1 amide bonds. The lowest BCUT2D eigenvalue weighted by atomic mass is 9.44. The van der Waals surface area contributed by atoms with Crippen molar-refractivity contribution >= 4 is 112 Å². The standard InChI is InChI=1S/C50H57Cl6NO19/c1-25-29(71-39(62)46(66,21-58)35(27-15-11-9-12-16-27)57-40(63)76-43(3,4)5)20-48(67)37(74-38(61)28-17-13-10-14-18-28)34-45(8,36(60)33(32(25)44(48,6)7)73-42(65)70-24-50(54,55)56)30(72-41(64)69-23-49(51,52)53)19-31-47(34,22-68-31)75-26(2)59/h9-18,29-31,33-35,37,58,66-67H,19-24H2,1-8H3,(H,57,63)/t29-,30-,31+,33+,34-,35-,37-,45+,46+,47-,48+/m0/s1. The van der Waals surface area contributed by atoms with Gasteiger partial charge in [0, 0.05) is 25.2 Å². The van der Waals surface area contributed by atoms with Crippen LogP contribution in [0.15, 0.2) is 71.8 Å². The zero-order valence-electron chi connectivity index (χ0n) is 42.2. The molecule has 2 saturated carbocycles. The van der Waals surface area contributed by atoms with Crippen LogP contribution in [-0.2, 0) is 57.0 Å². The predicted octanol–water partition coefficient (Wildman–Crippen LogP) is 7.68. The van der Waals surface area contributed by atoms with Gasteiger partial charge in [-0.05, 0) is 63.5 Å². The SMILES string of the molecule is CC(=O)O[C@@]12CO[C@@H]1C[C@H](OC(=O)OCC(Cl)(Cl)Cl)[C@@]1(C)C(=O)[C@H](OC(=O)OCC(Cl)(Cl)Cl)C3=C(C)[C@@H](OC(=O)[C@@](O)(CO)[C@@H](NC(=O)OC(C)(C)C)c4ccccc4)C[C@@](O)([C@@H](OC(=O)c4ccccc4)[C@H]21)C3(C)C. The van der Waals surface area contributed by atoms with Gasteiger partial charge in [-0.15, -0.1) is 0 Å². The smallest absolute Gasteiger partial charge is 0.455 e. The topological polar surface area (TPSA) is 275 Å². The van der Waals surface area contributed by atoms with Crippen molar-refractivity contribution in [1.82, 2.24) is 5.32 Å². The fourth-order valence-electron chi connectivity index (χ4n) is 10.6. The van der Waals surface area contributed by atoms with Crippen molar-refractivity contribution in [2.24, 2.45) is 16.7 Å². The quantitative estimate of drug-likeness (QED) is 0.0647. The Kier molecular flexibility index (Phi) is 18.0. The molecular weight excluding hydrogens is 1130 g/mol. The number of amides is 1.